The molecule has 1 aromatic rings. The molecule has 0 bridgehead atoms. The number of nitrogens with two attached hydrogens (primary N) is 2. The molecule has 2 atom stereocenters. The zero-order valence-electron chi connectivity index (χ0n) is 13.5. The molecular weight excluding hydrogens is 292 g/mol. The zero-order chi connectivity index (χ0) is 17.4. The third-order valence-electron chi connectivity index (χ3n) is 4.08. The lowest BCUT2D eigenvalue weighted by Gasteiger charge is -2.32. The summed E-state index contributed by atoms with van der Waals surface area (Å²) < 4.78 is 0. The van der Waals surface area contributed by atoms with Gasteiger partial charge in [0.1, 0.15) is 5.54 Å². The van der Waals surface area contributed by atoms with Crippen LogP contribution < -0.4 is 11.5 Å². The van der Waals surface area contributed by atoms with Crippen LogP contribution in [0.3, 0.4) is 0 Å². The van der Waals surface area contributed by atoms with Crippen molar-refractivity contribution in [1.82, 2.24) is 0 Å². The summed E-state index contributed by atoms with van der Waals surface area (Å²) in [5, 5.41) is 9.11. The molecule has 0 amide bonds. The third-order valence-corrected chi connectivity index (χ3v) is 4.08. The molecule has 23 heavy (non-hydrogen) atoms. The molecule has 2 rings (SSSR count). The number of carbonyl (C=O) groups is 2. The minimum Gasteiger partial charge on any atom is -0.478 e. The average molecular weight is 314 g/mol. The fourth-order valence-corrected chi connectivity index (χ4v) is 2.49. The first-order chi connectivity index (χ1) is 10.6. The van der Waals surface area contributed by atoms with Crippen molar-refractivity contribution in [3.63, 3.8) is 0 Å². The Balaban J connectivity index is 2.39. The summed E-state index contributed by atoms with van der Waals surface area (Å²) in [5.41, 5.74) is 12.0. The van der Waals surface area contributed by atoms with E-state index >= 15 is 0 Å². The summed E-state index contributed by atoms with van der Waals surface area (Å²) >= 11 is 0. The van der Waals surface area contributed by atoms with Crippen molar-refractivity contribution in [2.24, 2.45) is 11.5 Å². The minimum absolute atomic E-state index is 0.0255. The second kappa shape index (κ2) is 5.76. The maximum atomic E-state index is 12.8. The molecule has 0 radical (unpaired) electrons. The number of hydrogen-bond acceptors (Lipinski definition) is 4. The monoisotopic (exact) mass is 314 g/mol. The largest absolute Gasteiger partial charge is 0.478 e. The Morgan fingerprint density at radius 1 is 1.17 bits per heavy atom. The Labute approximate surface area is 135 Å². The van der Waals surface area contributed by atoms with Crippen LogP contribution in [0.4, 0.5) is 0 Å². The second-order valence-corrected chi connectivity index (χ2v) is 6.88. The molecule has 0 saturated heterocycles. The summed E-state index contributed by atoms with van der Waals surface area (Å²) in [6.45, 7) is 6.24. The van der Waals surface area contributed by atoms with Gasteiger partial charge in [-0.3, -0.25) is 4.79 Å². The van der Waals surface area contributed by atoms with Crippen LogP contribution in [0.25, 0.3) is 0 Å². The fourth-order valence-electron chi connectivity index (χ4n) is 2.49. The van der Waals surface area contributed by atoms with Gasteiger partial charge in [0.2, 0.25) is 0 Å². The molecule has 1 aromatic carbocycles. The SMILES string of the molecule is CC(C)(C)c1ccc(C(=O)C2(N)C=C(C(=O)O)C=CC2N)cc1. The van der Waals surface area contributed by atoms with E-state index in [0.717, 1.165) is 5.56 Å². The highest BCUT2D eigenvalue weighted by atomic mass is 16.4. The summed E-state index contributed by atoms with van der Waals surface area (Å²) in [6, 6.07) is 6.39. The van der Waals surface area contributed by atoms with Crippen LogP contribution in [-0.2, 0) is 10.2 Å². The lowest BCUT2D eigenvalue weighted by atomic mass is 9.78. The smallest absolute Gasteiger partial charge is 0.335 e. The van der Waals surface area contributed by atoms with Gasteiger partial charge in [0.05, 0.1) is 11.6 Å². The number of benzene rings is 1. The first-order valence-electron chi connectivity index (χ1n) is 7.40. The Morgan fingerprint density at radius 3 is 2.22 bits per heavy atom. The van der Waals surface area contributed by atoms with Crippen molar-refractivity contribution in [3.8, 4) is 0 Å². The lowest BCUT2D eigenvalue weighted by molar-refractivity contribution is -0.132. The van der Waals surface area contributed by atoms with Gasteiger partial charge in [-0.15, -0.1) is 0 Å². The second-order valence-electron chi connectivity index (χ2n) is 6.88. The highest BCUT2D eigenvalue weighted by Gasteiger charge is 2.40. The third kappa shape index (κ3) is 3.25. The molecule has 122 valence electrons. The number of Topliss-reactive ketones (excluding diaryl/α,β-unsaturated/α-hetero) is 1. The molecule has 0 aromatic heterocycles. The van der Waals surface area contributed by atoms with Crippen molar-refractivity contribution in [2.45, 2.75) is 37.8 Å². The van der Waals surface area contributed by atoms with E-state index in [1.165, 1.54) is 18.2 Å². The van der Waals surface area contributed by atoms with E-state index in [9.17, 15) is 9.59 Å². The predicted molar refractivity (Wildman–Crippen MR) is 89.2 cm³/mol. The first-order valence-corrected chi connectivity index (χ1v) is 7.40. The number of ketones is 1. The first kappa shape index (κ1) is 17.1. The van der Waals surface area contributed by atoms with Crippen molar-refractivity contribution in [1.29, 1.82) is 0 Å². The molecule has 5 heteroatoms. The van der Waals surface area contributed by atoms with Crippen molar-refractivity contribution in [2.75, 3.05) is 0 Å². The summed E-state index contributed by atoms with van der Waals surface area (Å²) in [6.07, 6.45) is 4.05. The van der Waals surface area contributed by atoms with Crippen LogP contribution in [0.1, 0.15) is 36.7 Å². The molecule has 1 aliphatic rings. The molecule has 1 aliphatic carbocycles. The number of rotatable bonds is 3. The summed E-state index contributed by atoms with van der Waals surface area (Å²) in [4.78, 5) is 23.9. The quantitative estimate of drug-likeness (QED) is 0.737. The molecule has 0 fully saturated rings. The summed E-state index contributed by atoms with van der Waals surface area (Å²) in [7, 11) is 0. The van der Waals surface area contributed by atoms with Crippen molar-refractivity contribution in [3.05, 3.63) is 59.2 Å². The van der Waals surface area contributed by atoms with Gasteiger partial charge >= 0.3 is 5.97 Å². The van der Waals surface area contributed by atoms with Gasteiger partial charge in [-0.2, -0.15) is 0 Å². The van der Waals surface area contributed by atoms with Crippen LogP contribution in [0.15, 0.2) is 48.1 Å². The van der Waals surface area contributed by atoms with E-state index in [4.69, 9.17) is 16.6 Å². The van der Waals surface area contributed by atoms with Crippen molar-refractivity contribution >= 4 is 11.8 Å². The Bertz CT molecular complexity index is 696. The Kier molecular flexibility index (Phi) is 4.28. The van der Waals surface area contributed by atoms with Crippen molar-refractivity contribution < 1.29 is 14.7 Å². The molecule has 5 nitrogen and oxygen atoms in total. The van der Waals surface area contributed by atoms with Gasteiger partial charge in [0.15, 0.2) is 5.78 Å². The molecule has 0 heterocycles. The van der Waals surface area contributed by atoms with Crippen LogP contribution in [0.2, 0.25) is 0 Å². The number of aliphatic carboxylic acids is 1. The molecule has 0 saturated carbocycles. The van der Waals surface area contributed by atoms with E-state index in [1.807, 2.05) is 12.1 Å². The van der Waals surface area contributed by atoms with E-state index in [2.05, 4.69) is 20.8 Å². The molecule has 0 aliphatic heterocycles. The molecule has 2 unspecified atom stereocenters. The molecular formula is C18H22N2O3. The van der Waals surface area contributed by atoms with Crippen LogP contribution in [-0.4, -0.2) is 28.4 Å². The van der Waals surface area contributed by atoms with Gasteiger partial charge < -0.3 is 16.6 Å². The van der Waals surface area contributed by atoms with Gasteiger partial charge in [-0.05, 0) is 17.1 Å². The van der Waals surface area contributed by atoms with E-state index in [1.54, 1.807) is 12.1 Å². The standard InChI is InChI=1S/C18H22N2O3/c1-17(2,3)13-7-4-11(5-8-13)15(21)18(20)10-12(16(22)23)6-9-14(18)19/h4-10,14H,19-20H2,1-3H3,(H,22,23). The number of hydrogen-bond donors (Lipinski definition) is 3. The number of carboxylic acids is 1. The van der Waals surface area contributed by atoms with Gasteiger partial charge in [-0.25, -0.2) is 4.79 Å². The minimum atomic E-state index is -1.56. The normalized spacial score (nSPS) is 24.2. The van der Waals surface area contributed by atoms with E-state index < -0.39 is 23.3 Å². The Hall–Kier alpha value is -2.24. The topological polar surface area (TPSA) is 106 Å². The fraction of sp³-hybridized carbons (Fsp3) is 0.333. The van der Waals surface area contributed by atoms with Crippen LogP contribution in [0.5, 0.6) is 0 Å². The number of carboxylic acid groups (broad SMARTS) is 1. The van der Waals surface area contributed by atoms with E-state index in [0.29, 0.717) is 5.56 Å². The van der Waals surface area contributed by atoms with Crippen LogP contribution in [0, 0.1) is 0 Å². The van der Waals surface area contributed by atoms with Crippen LogP contribution >= 0.6 is 0 Å². The highest BCUT2D eigenvalue weighted by molar-refractivity contribution is 6.07. The van der Waals surface area contributed by atoms with Gasteiger partial charge in [0, 0.05) is 5.56 Å². The predicted octanol–water partition coefficient (Wildman–Crippen LogP) is 1.77. The average Bonchev–Trinajstić information content (AvgIpc) is 2.48. The maximum Gasteiger partial charge on any atom is 0.335 e. The maximum absolute atomic E-state index is 12.8. The Morgan fingerprint density at radius 2 is 1.74 bits per heavy atom. The van der Waals surface area contributed by atoms with Gasteiger partial charge in [-0.1, -0.05) is 57.2 Å². The zero-order valence-corrected chi connectivity index (χ0v) is 13.5. The van der Waals surface area contributed by atoms with Gasteiger partial charge in [0.25, 0.3) is 0 Å². The summed E-state index contributed by atoms with van der Waals surface area (Å²) in [5.74, 6) is -1.53. The molecule has 5 N–H and O–H groups in total. The van der Waals surface area contributed by atoms with E-state index in [-0.39, 0.29) is 11.0 Å². The highest BCUT2D eigenvalue weighted by Crippen LogP contribution is 2.26. The molecule has 0 spiro atoms. The lowest BCUT2D eigenvalue weighted by Crippen LogP contribution is -2.60. The number of carbonyl (C=O) groups excluding carboxylic acids is 1.